The third-order valence-corrected chi connectivity index (χ3v) is 6.94. The van der Waals surface area contributed by atoms with E-state index in [1.165, 1.54) is 19.3 Å². The van der Waals surface area contributed by atoms with Crippen LogP contribution in [0.5, 0.6) is 0 Å². The molecule has 144 valence electrons. The van der Waals surface area contributed by atoms with Crippen molar-refractivity contribution in [1.29, 1.82) is 0 Å². The van der Waals surface area contributed by atoms with Crippen LogP contribution in [0.4, 0.5) is 0 Å². The van der Waals surface area contributed by atoms with Crippen LogP contribution in [-0.4, -0.2) is 50.1 Å². The Hall–Kier alpha value is -1.40. The van der Waals surface area contributed by atoms with Gasteiger partial charge >= 0.3 is 0 Å². The average Bonchev–Trinajstić information content (AvgIpc) is 3.13. The summed E-state index contributed by atoms with van der Waals surface area (Å²) in [5, 5.41) is 14.5. The number of aliphatic hydroxyl groups is 1. The quantitative estimate of drug-likeness (QED) is 0.861. The smallest absolute Gasteiger partial charge is 0.234 e. The van der Waals surface area contributed by atoms with Crippen molar-refractivity contribution in [3.63, 3.8) is 0 Å². The molecular formula is C20H32N4O2. The highest BCUT2D eigenvalue weighted by molar-refractivity contribution is 5.78. The molecular weight excluding hydrogens is 328 g/mol. The third-order valence-electron chi connectivity index (χ3n) is 6.94. The monoisotopic (exact) mass is 360 g/mol. The van der Waals surface area contributed by atoms with E-state index in [9.17, 15) is 9.90 Å². The van der Waals surface area contributed by atoms with E-state index in [1.807, 2.05) is 17.8 Å². The van der Waals surface area contributed by atoms with E-state index in [1.54, 1.807) is 6.20 Å². The Balaban J connectivity index is 1.39. The van der Waals surface area contributed by atoms with Gasteiger partial charge in [-0.2, -0.15) is 0 Å². The first-order valence-electron chi connectivity index (χ1n) is 10.2. The van der Waals surface area contributed by atoms with Crippen LogP contribution >= 0.6 is 0 Å². The Morgan fingerprint density at radius 2 is 1.96 bits per heavy atom. The van der Waals surface area contributed by atoms with Crippen LogP contribution in [0.1, 0.15) is 64.1 Å². The van der Waals surface area contributed by atoms with Crippen molar-refractivity contribution in [3.05, 3.63) is 18.2 Å². The van der Waals surface area contributed by atoms with E-state index >= 15 is 0 Å². The number of fused-ring (bicyclic) bond motifs is 2. The molecule has 2 aliphatic heterocycles. The average molecular weight is 361 g/mol. The molecule has 1 aromatic heterocycles. The number of carbonyl (C=O) groups is 1. The molecule has 3 aliphatic rings. The lowest BCUT2D eigenvalue weighted by Gasteiger charge is -2.43. The standard InChI is InChI=1S/C20H32N4O2/c1-14-5-3-4-6-17(14)22-18(25)13-24-15-7-8-16(24)12-20(26,11-15)19-21-9-10-23(19)2/h9-10,14-17,26H,3-8,11-13H2,1-2H3,(H,22,25)/t14-,15+,16+,17+/m0/s1. The molecule has 0 aromatic carbocycles. The highest BCUT2D eigenvalue weighted by Crippen LogP contribution is 2.44. The third kappa shape index (κ3) is 3.29. The fourth-order valence-corrected chi connectivity index (χ4v) is 5.52. The summed E-state index contributed by atoms with van der Waals surface area (Å²) in [6, 6.07) is 0.873. The van der Waals surface area contributed by atoms with E-state index in [0.717, 1.165) is 25.1 Å². The molecule has 2 N–H and O–H groups in total. The van der Waals surface area contributed by atoms with Crippen LogP contribution in [0.25, 0.3) is 0 Å². The van der Waals surface area contributed by atoms with Gasteiger partial charge in [0, 0.05) is 37.6 Å². The molecule has 4 rings (SSSR count). The van der Waals surface area contributed by atoms with Crippen LogP contribution in [-0.2, 0) is 17.4 Å². The van der Waals surface area contributed by atoms with Crippen LogP contribution in [0.2, 0.25) is 0 Å². The molecule has 3 heterocycles. The maximum absolute atomic E-state index is 12.7. The van der Waals surface area contributed by atoms with Gasteiger partial charge in [0.1, 0.15) is 11.4 Å². The molecule has 1 aliphatic carbocycles. The van der Waals surface area contributed by atoms with Crippen molar-refractivity contribution in [1.82, 2.24) is 19.8 Å². The predicted octanol–water partition coefficient (Wildman–Crippen LogP) is 1.93. The minimum atomic E-state index is -0.866. The molecule has 0 spiro atoms. The maximum Gasteiger partial charge on any atom is 0.234 e. The molecule has 2 bridgehead atoms. The van der Waals surface area contributed by atoms with Crippen molar-refractivity contribution >= 4 is 5.91 Å². The minimum Gasteiger partial charge on any atom is -0.382 e. The van der Waals surface area contributed by atoms with Crippen molar-refractivity contribution in [2.24, 2.45) is 13.0 Å². The summed E-state index contributed by atoms with van der Waals surface area (Å²) in [5.74, 6) is 1.50. The van der Waals surface area contributed by atoms with Gasteiger partial charge in [-0.25, -0.2) is 4.98 Å². The first-order valence-corrected chi connectivity index (χ1v) is 10.2. The van der Waals surface area contributed by atoms with Gasteiger partial charge in [0.25, 0.3) is 0 Å². The van der Waals surface area contributed by atoms with Gasteiger partial charge in [0.15, 0.2) is 0 Å². The van der Waals surface area contributed by atoms with Crippen molar-refractivity contribution < 1.29 is 9.90 Å². The van der Waals surface area contributed by atoms with Gasteiger partial charge in [-0.1, -0.05) is 19.8 Å². The number of aromatic nitrogens is 2. The molecule has 3 fully saturated rings. The first kappa shape index (κ1) is 18.0. The molecule has 1 amide bonds. The molecule has 1 saturated carbocycles. The number of piperidine rings is 1. The lowest BCUT2D eigenvalue weighted by atomic mass is 9.85. The van der Waals surface area contributed by atoms with Crippen LogP contribution < -0.4 is 5.32 Å². The number of aryl methyl sites for hydroxylation is 1. The number of rotatable bonds is 4. The Morgan fingerprint density at radius 3 is 2.58 bits per heavy atom. The Bertz CT molecular complexity index is 644. The number of imidazole rings is 1. The molecule has 0 radical (unpaired) electrons. The van der Waals surface area contributed by atoms with Crippen LogP contribution in [0.3, 0.4) is 0 Å². The molecule has 6 heteroatoms. The van der Waals surface area contributed by atoms with Crippen molar-refractivity contribution in [3.8, 4) is 0 Å². The van der Waals surface area contributed by atoms with Gasteiger partial charge in [-0.15, -0.1) is 0 Å². The second-order valence-corrected chi connectivity index (χ2v) is 8.79. The number of nitrogens with one attached hydrogen (secondary N) is 1. The minimum absolute atomic E-state index is 0.156. The van der Waals surface area contributed by atoms with Gasteiger partial charge in [0.05, 0.1) is 6.54 Å². The zero-order valence-electron chi connectivity index (χ0n) is 16.0. The largest absolute Gasteiger partial charge is 0.382 e. The lowest BCUT2D eigenvalue weighted by molar-refractivity contribution is -0.127. The summed E-state index contributed by atoms with van der Waals surface area (Å²) in [7, 11) is 1.94. The van der Waals surface area contributed by atoms with E-state index in [0.29, 0.717) is 31.3 Å². The van der Waals surface area contributed by atoms with Gasteiger partial charge in [-0.05, 0) is 44.4 Å². The van der Waals surface area contributed by atoms with Gasteiger partial charge < -0.3 is 15.0 Å². The van der Waals surface area contributed by atoms with E-state index in [2.05, 4.69) is 22.1 Å². The highest BCUT2D eigenvalue weighted by Gasteiger charge is 2.50. The fourth-order valence-electron chi connectivity index (χ4n) is 5.52. The summed E-state index contributed by atoms with van der Waals surface area (Å²) in [5.41, 5.74) is -0.866. The summed E-state index contributed by atoms with van der Waals surface area (Å²) in [6.45, 7) is 2.72. The molecule has 26 heavy (non-hydrogen) atoms. The highest BCUT2D eigenvalue weighted by atomic mass is 16.3. The predicted molar refractivity (Wildman–Crippen MR) is 99.4 cm³/mol. The first-order chi connectivity index (χ1) is 12.5. The number of hydrogen-bond acceptors (Lipinski definition) is 4. The van der Waals surface area contributed by atoms with Gasteiger partial charge in [0.2, 0.25) is 5.91 Å². The Labute approximate surface area is 156 Å². The van der Waals surface area contributed by atoms with Crippen LogP contribution in [0, 0.1) is 5.92 Å². The molecule has 2 saturated heterocycles. The molecule has 0 unspecified atom stereocenters. The van der Waals surface area contributed by atoms with E-state index in [-0.39, 0.29) is 18.0 Å². The van der Waals surface area contributed by atoms with E-state index in [4.69, 9.17) is 0 Å². The SMILES string of the molecule is C[C@H]1CCCC[C@H]1NC(=O)CN1[C@@H]2CC[C@@H]1CC(O)(c1nccn1C)C2. The second kappa shape index (κ2) is 6.97. The molecule has 1 aromatic rings. The topological polar surface area (TPSA) is 70.4 Å². The Morgan fingerprint density at radius 1 is 1.27 bits per heavy atom. The Kier molecular flexibility index (Phi) is 4.82. The van der Waals surface area contributed by atoms with Crippen LogP contribution in [0.15, 0.2) is 12.4 Å². The zero-order chi connectivity index (χ0) is 18.3. The fraction of sp³-hybridized carbons (Fsp3) is 0.800. The summed E-state index contributed by atoms with van der Waals surface area (Å²) >= 11 is 0. The molecule has 4 atom stereocenters. The van der Waals surface area contributed by atoms with Gasteiger partial charge in [-0.3, -0.25) is 9.69 Å². The van der Waals surface area contributed by atoms with E-state index < -0.39 is 5.60 Å². The van der Waals surface area contributed by atoms with Crippen molar-refractivity contribution in [2.75, 3.05) is 6.54 Å². The number of amides is 1. The lowest BCUT2D eigenvalue weighted by Crippen LogP contribution is -2.54. The summed E-state index contributed by atoms with van der Waals surface area (Å²) < 4.78 is 1.92. The number of nitrogens with zero attached hydrogens (tertiary/aromatic N) is 3. The molecule has 6 nitrogen and oxygen atoms in total. The zero-order valence-corrected chi connectivity index (χ0v) is 16.0. The van der Waals surface area contributed by atoms with Crippen molar-refractivity contribution in [2.45, 2.75) is 82.0 Å². The number of carbonyl (C=O) groups excluding carboxylic acids is 1. The summed E-state index contributed by atoms with van der Waals surface area (Å²) in [6.07, 6.45) is 11.9. The maximum atomic E-state index is 12.7. The normalized spacial score (nSPS) is 37.7. The summed E-state index contributed by atoms with van der Waals surface area (Å²) in [4.78, 5) is 19.4. The second-order valence-electron chi connectivity index (χ2n) is 8.79. The number of hydrogen-bond donors (Lipinski definition) is 2.